The predicted octanol–water partition coefficient (Wildman–Crippen LogP) is 8.61. The average molecular weight is 571 g/mol. The van der Waals surface area contributed by atoms with Crippen LogP contribution in [0.25, 0.3) is 16.9 Å². The number of amides is 1. The number of rotatable bonds is 9. The van der Waals surface area contributed by atoms with E-state index < -0.39 is 0 Å². The summed E-state index contributed by atoms with van der Waals surface area (Å²) in [6.45, 7) is 4.28. The summed E-state index contributed by atoms with van der Waals surface area (Å²) in [6.07, 6.45) is 1.77. The molecule has 40 heavy (non-hydrogen) atoms. The van der Waals surface area contributed by atoms with Crippen molar-refractivity contribution in [1.82, 2.24) is 9.55 Å². The molecule has 0 saturated carbocycles. The number of halogens is 2. The van der Waals surface area contributed by atoms with E-state index in [0.29, 0.717) is 27.2 Å². The summed E-state index contributed by atoms with van der Waals surface area (Å²) in [7, 11) is 0. The van der Waals surface area contributed by atoms with Gasteiger partial charge in [-0.3, -0.25) is 9.36 Å². The molecule has 0 unspecified atom stereocenters. The molecule has 5 aromatic rings. The van der Waals surface area contributed by atoms with E-state index in [-0.39, 0.29) is 23.5 Å². The maximum absolute atomic E-state index is 14.7. The smallest absolute Gasteiger partial charge is 0.234 e. The first-order chi connectivity index (χ1) is 19.4. The molecular formula is C32H28ClFN4OS. The van der Waals surface area contributed by atoms with Gasteiger partial charge < -0.3 is 10.2 Å². The number of nitrogens with one attached hydrogen (secondary N) is 1. The van der Waals surface area contributed by atoms with Crippen molar-refractivity contribution in [3.05, 3.63) is 120 Å². The first-order valence-corrected chi connectivity index (χ1v) is 14.2. The first kappa shape index (κ1) is 27.5. The van der Waals surface area contributed by atoms with Gasteiger partial charge in [-0.15, -0.1) is 0 Å². The molecule has 1 heterocycles. The van der Waals surface area contributed by atoms with Gasteiger partial charge in [0.1, 0.15) is 5.82 Å². The van der Waals surface area contributed by atoms with Crippen LogP contribution in [0, 0.1) is 5.82 Å². The number of aromatic nitrogens is 2. The molecule has 0 bridgehead atoms. The fourth-order valence-electron chi connectivity index (χ4n) is 4.41. The lowest BCUT2D eigenvalue weighted by molar-refractivity contribution is -0.113. The second-order valence-electron chi connectivity index (χ2n) is 9.42. The third-order valence-electron chi connectivity index (χ3n) is 6.24. The summed E-state index contributed by atoms with van der Waals surface area (Å²) < 4.78 is 16.4. The number of benzene rings is 4. The molecule has 0 spiro atoms. The van der Waals surface area contributed by atoms with Crippen LogP contribution in [0.2, 0.25) is 5.02 Å². The minimum absolute atomic E-state index is 0.107. The maximum atomic E-state index is 14.7. The SMILES string of the molecule is CC(C)N(c1ccccc1)c1ccc(NC(=O)CSc2nc(-c3ccc(Cl)cc3)cn2-c2ccccc2F)cc1. The highest BCUT2D eigenvalue weighted by atomic mass is 35.5. The Kier molecular flexibility index (Phi) is 8.53. The molecule has 5 rings (SSSR count). The standard InChI is InChI=1S/C32H28ClFN4OS/c1-22(2)38(26-8-4-3-5-9-26)27-18-16-25(17-19-27)35-31(39)21-40-32-36-29(23-12-14-24(33)15-13-23)20-37(32)30-11-7-6-10-28(30)34/h3-20,22H,21H2,1-2H3,(H,35,39). The Morgan fingerprint density at radius 2 is 1.57 bits per heavy atom. The minimum Gasteiger partial charge on any atom is -0.339 e. The topological polar surface area (TPSA) is 50.2 Å². The number of para-hydroxylation sites is 2. The lowest BCUT2D eigenvalue weighted by atomic mass is 10.2. The Morgan fingerprint density at radius 1 is 0.925 bits per heavy atom. The van der Waals surface area contributed by atoms with E-state index in [1.165, 1.54) is 17.8 Å². The van der Waals surface area contributed by atoms with E-state index in [9.17, 15) is 9.18 Å². The summed E-state index contributed by atoms with van der Waals surface area (Å²) in [4.78, 5) is 19.8. The van der Waals surface area contributed by atoms with Gasteiger partial charge in [0.15, 0.2) is 5.16 Å². The molecule has 4 aromatic carbocycles. The lowest BCUT2D eigenvalue weighted by Gasteiger charge is -2.29. The van der Waals surface area contributed by atoms with E-state index in [2.05, 4.69) is 36.2 Å². The van der Waals surface area contributed by atoms with Crippen LogP contribution in [0.3, 0.4) is 0 Å². The second-order valence-corrected chi connectivity index (χ2v) is 10.8. The molecule has 0 aliphatic carbocycles. The van der Waals surface area contributed by atoms with E-state index >= 15 is 0 Å². The van der Waals surface area contributed by atoms with Crippen LogP contribution < -0.4 is 10.2 Å². The molecule has 8 heteroatoms. The first-order valence-electron chi connectivity index (χ1n) is 12.9. The van der Waals surface area contributed by atoms with Crippen LogP contribution in [0.4, 0.5) is 21.5 Å². The van der Waals surface area contributed by atoms with Gasteiger partial charge >= 0.3 is 0 Å². The summed E-state index contributed by atoms with van der Waals surface area (Å²) in [5, 5.41) is 4.09. The third kappa shape index (κ3) is 6.38. The molecule has 0 fully saturated rings. The monoisotopic (exact) mass is 570 g/mol. The summed E-state index contributed by atoms with van der Waals surface area (Å²) >= 11 is 7.29. The third-order valence-corrected chi connectivity index (χ3v) is 7.44. The largest absolute Gasteiger partial charge is 0.339 e. The van der Waals surface area contributed by atoms with Gasteiger partial charge in [-0.1, -0.05) is 65.8 Å². The van der Waals surface area contributed by atoms with Gasteiger partial charge in [0, 0.05) is 39.9 Å². The Labute approximate surface area is 242 Å². The zero-order chi connectivity index (χ0) is 28.1. The Bertz CT molecular complexity index is 1590. The van der Waals surface area contributed by atoms with Gasteiger partial charge in [0.2, 0.25) is 5.91 Å². The summed E-state index contributed by atoms with van der Waals surface area (Å²) in [5.41, 5.74) is 4.71. The zero-order valence-electron chi connectivity index (χ0n) is 22.1. The van der Waals surface area contributed by atoms with Gasteiger partial charge in [0.25, 0.3) is 0 Å². The van der Waals surface area contributed by atoms with Crippen LogP contribution in [0.1, 0.15) is 13.8 Å². The lowest BCUT2D eigenvalue weighted by Crippen LogP contribution is -2.25. The quantitative estimate of drug-likeness (QED) is 0.180. The van der Waals surface area contributed by atoms with Crippen LogP contribution >= 0.6 is 23.4 Å². The summed E-state index contributed by atoms with van der Waals surface area (Å²) in [5.74, 6) is -0.451. The van der Waals surface area contributed by atoms with Crippen molar-refractivity contribution in [1.29, 1.82) is 0 Å². The number of imidazole rings is 1. The van der Waals surface area contributed by atoms with Crippen LogP contribution in [0.5, 0.6) is 0 Å². The van der Waals surface area contributed by atoms with Crippen molar-refractivity contribution in [2.45, 2.75) is 25.0 Å². The van der Waals surface area contributed by atoms with Gasteiger partial charge in [-0.25, -0.2) is 9.37 Å². The average Bonchev–Trinajstić information content (AvgIpc) is 3.38. The number of hydrogen-bond donors (Lipinski definition) is 1. The number of thioether (sulfide) groups is 1. The van der Waals surface area contributed by atoms with Crippen molar-refractivity contribution in [2.24, 2.45) is 0 Å². The van der Waals surface area contributed by atoms with Crippen molar-refractivity contribution >= 4 is 46.3 Å². The van der Waals surface area contributed by atoms with Crippen LogP contribution in [0.15, 0.2) is 114 Å². The zero-order valence-corrected chi connectivity index (χ0v) is 23.7. The molecule has 1 N–H and O–H groups in total. The summed E-state index contributed by atoms with van der Waals surface area (Å²) in [6, 6.07) is 32.0. The number of hydrogen-bond acceptors (Lipinski definition) is 4. The van der Waals surface area contributed by atoms with Crippen molar-refractivity contribution in [3.63, 3.8) is 0 Å². The fraction of sp³-hybridized carbons (Fsp3) is 0.125. The Hall–Kier alpha value is -4.07. The van der Waals surface area contributed by atoms with Gasteiger partial charge in [-0.2, -0.15) is 0 Å². The van der Waals surface area contributed by atoms with E-state index in [1.54, 1.807) is 41.1 Å². The van der Waals surface area contributed by atoms with Gasteiger partial charge in [-0.05, 0) is 74.5 Å². The number of anilines is 3. The highest BCUT2D eigenvalue weighted by Crippen LogP contribution is 2.31. The number of nitrogens with zero attached hydrogens (tertiary/aromatic N) is 3. The Morgan fingerprint density at radius 3 is 2.25 bits per heavy atom. The minimum atomic E-state index is -0.375. The molecule has 0 saturated heterocycles. The molecular weight excluding hydrogens is 543 g/mol. The molecule has 202 valence electrons. The predicted molar refractivity (Wildman–Crippen MR) is 163 cm³/mol. The highest BCUT2D eigenvalue weighted by molar-refractivity contribution is 7.99. The molecule has 1 aromatic heterocycles. The van der Waals surface area contributed by atoms with E-state index in [0.717, 1.165) is 16.9 Å². The molecule has 1 amide bonds. The molecule has 0 aliphatic heterocycles. The number of carbonyl (C=O) groups is 1. The molecule has 0 radical (unpaired) electrons. The number of carbonyl (C=O) groups excluding carboxylic acids is 1. The van der Waals surface area contributed by atoms with Crippen molar-refractivity contribution in [2.75, 3.05) is 16.0 Å². The molecule has 0 atom stereocenters. The van der Waals surface area contributed by atoms with Crippen molar-refractivity contribution in [3.8, 4) is 16.9 Å². The van der Waals surface area contributed by atoms with E-state index in [4.69, 9.17) is 16.6 Å². The second kappa shape index (κ2) is 12.4. The van der Waals surface area contributed by atoms with Gasteiger partial charge in [0.05, 0.1) is 17.1 Å². The van der Waals surface area contributed by atoms with Crippen LogP contribution in [-0.4, -0.2) is 27.3 Å². The van der Waals surface area contributed by atoms with E-state index in [1.807, 2.05) is 54.6 Å². The van der Waals surface area contributed by atoms with Crippen molar-refractivity contribution < 1.29 is 9.18 Å². The maximum Gasteiger partial charge on any atom is 0.234 e. The fourth-order valence-corrected chi connectivity index (χ4v) is 5.32. The Balaban J connectivity index is 1.31. The normalized spacial score (nSPS) is 11.0. The molecule has 0 aliphatic rings. The molecule has 5 nitrogen and oxygen atoms in total. The van der Waals surface area contributed by atoms with Crippen LogP contribution in [-0.2, 0) is 4.79 Å². The highest BCUT2D eigenvalue weighted by Gasteiger charge is 2.17.